The van der Waals surface area contributed by atoms with Gasteiger partial charge in [-0.2, -0.15) is 0 Å². The summed E-state index contributed by atoms with van der Waals surface area (Å²) in [6, 6.07) is 10.8. The summed E-state index contributed by atoms with van der Waals surface area (Å²) < 4.78 is 24.8. The van der Waals surface area contributed by atoms with E-state index in [1.807, 2.05) is 13.0 Å². The van der Waals surface area contributed by atoms with Gasteiger partial charge in [-0.05, 0) is 54.7 Å². The largest absolute Gasteiger partial charge is 0.493 e. The number of rotatable bonds is 8. The van der Waals surface area contributed by atoms with Crippen LogP contribution in [0, 0.1) is 5.82 Å². The number of hydrogen-bond donors (Lipinski definition) is 0. The molecule has 1 saturated carbocycles. The minimum atomic E-state index is -0.776. The van der Waals surface area contributed by atoms with Gasteiger partial charge in [0, 0.05) is 12.6 Å². The second-order valence-electron chi connectivity index (χ2n) is 9.07. The van der Waals surface area contributed by atoms with E-state index >= 15 is 0 Å². The molecule has 2 amide bonds. The van der Waals surface area contributed by atoms with Crippen molar-refractivity contribution in [1.82, 2.24) is 9.80 Å². The Morgan fingerprint density at radius 2 is 1.74 bits per heavy atom. The van der Waals surface area contributed by atoms with Crippen LogP contribution in [0.1, 0.15) is 62.6 Å². The van der Waals surface area contributed by atoms with Crippen molar-refractivity contribution >= 4 is 11.8 Å². The van der Waals surface area contributed by atoms with Crippen molar-refractivity contribution in [2.24, 2.45) is 0 Å². The van der Waals surface area contributed by atoms with Gasteiger partial charge in [-0.25, -0.2) is 4.39 Å². The Hall–Kier alpha value is -3.09. The van der Waals surface area contributed by atoms with E-state index in [2.05, 4.69) is 0 Å². The van der Waals surface area contributed by atoms with Gasteiger partial charge in [0.2, 0.25) is 5.91 Å². The molecule has 2 fully saturated rings. The van der Waals surface area contributed by atoms with Crippen molar-refractivity contribution in [3.8, 4) is 11.5 Å². The zero-order chi connectivity index (χ0) is 24.1. The number of methoxy groups -OCH3 is 1. The lowest BCUT2D eigenvalue weighted by Crippen LogP contribution is -2.58. The molecule has 2 aliphatic rings. The predicted octanol–water partition coefficient (Wildman–Crippen LogP) is 4.87. The van der Waals surface area contributed by atoms with Crippen LogP contribution >= 0.6 is 0 Å². The molecule has 7 heteroatoms. The molecule has 0 radical (unpaired) electrons. The van der Waals surface area contributed by atoms with E-state index in [1.165, 1.54) is 18.6 Å². The number of halogens is 1. The van der Waals surface area contributed by atoms with Gasteiger partial charge in [-0.15, -0.1) is 0 Å². The molecule has 1 aliphatic heterocycles. The van der Waals surface area contributed by atoms with E-state index < -0.39 is 6.04 Å². The second kappa shape index (κ2) is 10.9. The Bertz CT molecular complexity index is 1000. The van der Waals surface area contributed by atoms with E-state index in [-0.39, 0.29) is 36.8 Å². The van der Waals surface area contributed by atoms with Crippen LogP contribution in [0.15, 0.2) is 42.5 Å². The fraction of sp³-hybridized carbons (Fsp3) is 0.481. The van der Waals surface area contributed by atoms with Crippen LogP contribution in [0.3, 0.4) is 0 Å². The average molecular weight is 469 g/mol. The van der Waals surface area contributed by atoms with Gasteiger partial charge in [0.25, 0.3) is 5.91 Å². The van der Waals surface area contributed by atoms with E-state index in [1.54, 1.807) is 41.2 Å². The molecule has 1 heterocycles. The maximum atomic E-state index is 13.9. The number of carbonyl (C=O) groups excluding carboxylic acids is 2. The fourth-order valence-corrected chi connectivity index (χ4v) is 4.92. The smallest absolute Gasteiger partial charge is 0.250 e. The van der Waals surface area contributed by atoms with Crippen LogP contribution in [0.4, 0.5) is 4.39 Å². The summed E-state index contributed by atoms with van der Waals surface area (Å²) in [5.74, 6) is 0.625. The first-order valence-corrected chi connectivity index (χ1v) is 12.2. The number of ether oxygens (including phenoxy) is 2. The third-order valence-corrected chi connectivity index (χ3v) is 6.70. The molecular weight excluding hydrogens is 435 g/mol. The van der Waals surface area contributed by atoms with Gasteiger partial charge in [0.1, 0.15) is 18.4 Å². The molecule has 2 aromatic rings. The van der Waals surface area contributed by atoms with Crippen molar-refractivity contribution in [3.63, 3.8) is 0 Å². The lowest BCUT2D eigenvalue weighted by molar-refractivity contribution is -0.160. The standard InChI is InChI=1S/C27H33FN2O4/c1-3-15-34-23-14-11-20(16-24(23)33-2)26-27(32)29(22-7-5-4-6-8-22)18-25(31)30(26)17-19-9-12-21(28)13-10-19/h9-14,16,22,26H,3-8,15,17-18H2,1-2H3/t26-/m1/s1. The van der Waals surface area contributed by atoms with E-state index in [4.69, 9.17) is 9.47 Å². The van der Waals surface area contributed by atoms with Gasteiger partial charge in [0.05, 0.1) is 13.7 Å². The summed E-state index contributed by atoms with van der Waals surface area (Å²) in [7, 11) is 1.57. The highest BCUT2D eigenvalue weighted by molar-refractivity contribution is 5.96. The monoisotopic (exact) mass is 468 g/mol. The van der Waals surface area contributed by atoms with Crippen molar-refractivity contribution < 1.29 is 23.5 Å². The molecule has 1 saturated heterocycles. The summed E-state index contributed by atoms with van der Waals surface area (Å²) in [6.45, 7) is 2.89. The van der Waals surface area contributed by atoms with E-state index in [0.717, 1.165) is 37.7 Å². The van der Waals surface area contributed by atoms with Crippen molar-refractivity contribution in [3.05, 3.63) is 59.4 Å². The average Bonchev–Trinajstić information content (AvgIpc) is 2.86. The first-order valence-electron chi connectivity index (χ1n) is 12.2. The van der Waals surface area contributed by atoms with Crippen molar-refractivity contribution in [2.45, 2.75) is 64.1 Å². The summed E-state index contributed by atoms with van der Waals surface area (Å²) in [5.41, 5.74) is 1.45. The molecule has 182 valence electrons. The Balaban J connectivity index is 1.69. The topological polar surface area (TPSA) is 59.1 Å². The maximum absolute atomic E-state index is 13.9. The lowest BCUT2D eigenvalue weighted by atomic mass is 9.91. The molecule has 1 atom stereocenters. The Morgan fingerprint density at radius 1 is 1.00 bits per heavy atom. The molecule has 4 rings (SSSR count). The van der Waals surface area contributed by atoms with E-state index in [0.29, 0.717) is 23.7 Å². The molecule has 2 aromatic carbocycles. The van der Waals surface area contributed by atoms with Crippen LogP contribution in [-0.2, 0) is 16.1 Å². The molecule has 0 unspecified atom stereocenters. The Kier molecular flexibility index (Phi) is 7.70. The van der Waals surface area contributed by atoms with Crippen molar-refractivity contribution in [2.75, 3.05) is 20.3 Å². The van der Waals surface area contributed by atoms with E-state index in [9.17, 15) is 14.0 Å². The molecule has 0 spiro atoms. The van der Waals surface area contributed by atoms with Gasteiger partial charge in [-0.1, -0.05) is 44.4 Å². The maximum Gasteiger partial charge on any atom is 0.250 e. The molecular formula is C27H33FN2O4. The van der Waals surface area contributed by atoms with Crippen molar-refractivity contribution in [1.29, 1.82) is 0 Å². The molecule has 6 nitrogen and oxygen atoms in total. The molecule has 0 aromatic heterocycles. The zero-order valence-electron chi connectivity index (χ0n) is 20.0. The third-order valence-electron chi connectivity index (χ3n) is 6.70. The van der Waals surface area contributed by atoms with Gasteiger partial charge < -0.3 is 19.3 Å². The summed E-state index contributed by atoms with van der Waals surface area (Å²) >= 11 is 0. The Labute approximate surface area is 200 Å². The van der Waals surface area contributed by atoms with Gasteiger partial charge in [0.15, 0.2) is 11.5 Å². The first-order chi connectivity index (χ1) is 16.5. The number of nitrogens with zero attached hydrogens (tertiary/aromatic N) is 2. The zero-order valence-corrected chi connectivity index (χ0v) is 20.0. The Morgan fingerprint density at radius 3 is 2.41 bits per heavy atom. The number of amides is 2. The number of carbonyl (C=O) groups is 2. The summed E-state index contributed by atoms with van der Waals surface area (Å²) in [6.07, 6.45) is 6.03. The van der Waals surface area contributed by atoms with Crippen LogP contribution < -0.4 is 9.47 Å². The van der Waals surface area contributed by atoms with Crippen LogP contribution in [0.25, 0.3) is 0 Å². The number of piperazine rings is 1. The van der Waals surface area contributed by atoms with Crippen LogP contribution in [-0.4, -0.2) is 47.9 Å². The summed E-state index contributed by atoms with van der Waals surface area (Å²) in [4.78, 5) is 30.7. The highest BCUT2D eigenvalue weighted by atomic mass is 19.1. The minimum absolute atomic E-state index is 0.0714. The minimum Gasteiger partial charge on any atom is -0.493 e. The normalized spacial score (nSPS) is 19.4. The molecule has 0 bridgehead atoms. The lowest BCUT2D eigenvalue weighted by Gasteiger charge is -2.44. The summed E-state index contributed by atoms with van der Waals surface area (Å²) in [5, 5.41) is 0. The first kappa shape index (κ1) is 24.0. The molecule has 34 heavy (non-hydrogen) atoms. The molecule has 0 N–H and O–H groups in total. The van der Waals surface area contributed by atoms with Gasteiger partial charge in [-0.3, -0.25) is 9.59 Å². The number of hydrogen-bond acceptors (Lipinski definition) is 4. The number of benzene rings is 2. The van der Waals surface area contributed by atoms with Crippen LogP contribution in [0.2, 0.25) is 0 Å². The highest BCUT2D eigenvalue weighted by Crippen LogP contribution is 2.37. The second-order valence-corrected chi connectivity index (χ2v) is 9.07. The quantitative estimate of drug-likeness (QED) is 0.555. The fourth-order valence-electron chi connectivity index (χ4n) is 4.92. The van der Waals surface area contributed by atoms with Gasteiger partial charge >= 0.3 is 0 Å². The third kappa shape index (κ3) is 5.18. The SMILES string of the molecule is CCCOc1ccc([C@@H]2C(=O)N(C3CCCCC3)CC(=O)N2Cc2ccc(F)cc2)cc1OC. The predicted molar refractivity (Wildman–Crippen MR) is 127 cm³/mol. The van der Waals surface area contributed by atoms with Crippen LogP contribution in [0.5, 0.6) is 11.5 Å². The highest BCUT2D eigenvalue weighted by Gasteiger charge is 2.43. The molecule has 1 aliphatic carbocycles.